The van der Waals surface area contributed by atoms with Gasteiger partial charge in [0, 0.05) is 22.3 Å². The van der Waals surface area contributed by atoms with Crippen molar-refractivity contribution in [2.45, 2.75) is 73.6 Å². The highest BCUT2D eigenvalue weighted by Gasteiger charge is 2.35. The molecule has 20 heavy (non-hydrogen) atoms. The molecule has 0 aromatic carbocycles. The Morgan fingerprint density at radius 3 is 1.90 bits per heavy atom. The molecular weight excluding hydrogens is 248 g/mol. The third-order valence-corrected chi connectivity index (χ3v) is 4.08. The Labute approximate surface area is 123 Å². The largest absolute Gasteiger partial charge is 0.289 e. The van der Waals surface area contributed by atoms with Gasteiger partial charge in [0.25, 0.3) is 0 Å². The van der Waals surface area contributed by atoms with Crippen LogP contribution in [0.5, 0.6) is 0 Å². The lowest BCUT2D eigenvalue weighted by atomic mass is 9.72. The Balaban J connectivity index is 3.12. The normalized spacial score (nSPS) is 17.3. The van der Waals surface area contributed by atoms with Crippen molar-refractivity contribution in [1.82, 2.24) is 0 Å². The van der Waals surface area contributed by atoms with E-state index in [2.05, 4.69) is 6.92 Å². The highest BCUT2D eigenvalue weighted by atomic mass is 16.1. The van der Waals surface area contributed by atoms with E-state index in [1.54, 1.807) is 13.8 Å². The van der Waals surface area contributed by atoms with Gasteiger partial charge in [0.05, 0.1) is 0 Å². The van der Waals surface area contributed by atoms with Crippen molar-refractivity contribution in [1.29, 1.82) is 0 Å². The van der Waals surface area contributed by atoms with Crippen molar-refractivity contribution >= 4 is 11.6 Å². The molecule has 0 aromatic heterocycles. The van der Waals surface area contributed by atoms with Crippen LogP contribution in [0, 0.1) is 5.41 Å². The highest BCUT2D eigenvalue weighted by Crippen LogP contribution is 2.37. The van der Waals surface area contributed by atoms with E-state index >= 15 is 0 Å². The van der Waals surface area contributed by atoms with Crippen LogP contribution in [0.2, 0.25) is 0 Å². The van der Waals surface area contributed by atoms with Gasteiger partial charge >= 0.3 is 0 Å². The van der Waals surface area contributed by atoms with Gasteiger partial charge in [-0.1, -0.05) is 47.0 Å². The van der Waals surface area contributed by atoms with Gasteiger partial charge in [0.2, 0.25) is 0 Å². The molecule has 0 atom stereocenters. The molecule has 0 N–H and O–H groups in total. The first-order valence-corrected chi connectivity index (χ1v) is 7.72. The minimum Gasteiger partial charge on any atom is -0.289 e. The maximum Gasteiger partial charge on any atom is 0.186 e. The van der Waals surface area contributed by atoms with Crippen LogP contribution in [-0.2, 0) is 9.59 Å². The first kappa shape index (κ1) is 16.9. The fourth-order valence-corrected chi connectivity index (χ4v) is 2.77. The molecule has 0 aromatic rings. The summed E-state index contributed by atoms with van der Waals surface area (Å²) in [4.78, 5) is 25.1. The van der Waals surface area contributed by atoms with Crippen molar-refractivity contribution in [3.63, 3.8) is 0 Å². The number of hydrogen-bond acceptors (Lipinski definition) is 2. The molecule has 0 heterocycles. The third kappa shape index (κ3) is 3.47. The minimum atomic E-state index is -0.269. The van der Waals surface area contributed by atoms with E-state index in [9.17, 15) is 9.59 Å². The maximum absolute atomic E-state index is 12.6. The number of Topliss-reactive ketones (excluding diaryl/α,β-unsaturated/α-hetero) is 2. The molecule has 1 rings (SSSR count). The van der Waals surface area contributed by atoms with Crippen LogP contribution in [0.15, 0.2) is 22.3 Å². The Hall–Kier alpha value is -1.18. The lowest BCUT2D eigenvalue weighted by molar-refractivity contribution is -0.117. The molecule has 1 aliphatic rings. The van der Waals surface area contributed by atoms with E-state index < -0.39 is 0 Å². The smallest absolute Gasteiger partial charge is 0.186 e. The second-order valence-corrected chi connectivity index (χ2v) is 6.82. The van der Waals surface area contributed by atoms with Gasteiger partial charge in [-0.25, -0.2) is 0 Å². The summed E-state index contributed by atoms with van der Waals surface area (Å²) < 4.78 is 0. The van der Waals surface area contributed by atoms with Gasteiger partial charge in [0.1, 0.15) is 0 Å². The molecule has 0 saturated heterocycles. The zero-order valence-corrected chi connectivity index (χ0v) is 13.9. The topological polar surface area (TPSA) is 34.1 Å². The molecule has 0 unspecified atom stereocenters. The van der Waals surface area contributed by atoms with E-state index in [1.807, 2.05) is 20.8 Å². The Morgan fingerprint density at radius 2 is 1.40 bits per heavy atom. The summed E-state index contributed by atoms with van der Waals surface area (Å²) in [5, 5.41) is 0. The van der Waals surface area contributed by atoms with Crippen LogP contribution in [-0.4, -0.2) is 11.6 Å². The molecule has 2 heteroatoms. The van der Waals surface area contributed by atoms with Crippen LogP contribution in [0.4, 0.5) is 0 Å². The number of hydrogen-bond donors (Lipinski definition) is 0. The molecule has 112 valence electrons. The minimum absolute atomic E-state index is 0.0695. The maximum atomic E-state index is 12.6. The van der Waals surface area contributed by atoms with Gasteiger partial charge < -0.3 is 0 Å². The quantitative estimate of drug-likeness (QED) is 0.534. The van der Waals surface area contributed by atoms with Crippen LogP contribution in [0.25, 0.3) is 0 Å². The van der Waals surface area contributed by atoms with Gasteiger partial charge in [-0.2, -0.15) is 0 Å². The number of carbonyl (C=O) groups is 2. The van der Waals surface area contributed by atoms with Crippen LogP contribution in [0.3, 0.4) is 0 Å². The first-order chi connectivity index (χ1) is 9.21. The number of rotatable bonds is 5. The van der Waals surface area contributed by atoms with E-state index in [0.29, 0.717) is 11.1 Å². The predicted molar refractivity (Wildman–Crippen MR) is 83.6 cm³/mol. The zero-order chi connectivity index (χ0) is 15.5. The molecule has 0 fully saturated rings. The van der Waals surface area contributed by atoms with E-state index in [-0.39, 0.29) is 17.0 Å². The van der Waals surface area contributed by atoms with Gasteiger partial charge in [-0.05, 0) is 32.1 Å². The monoisotopic (exact) mass is 276 g/mol. The molecule has 0 spiro atoms. The summed E-state index contributed by atoms with van der Waals surface area (Å²) in [6, 6.07) is 0. The summed E-state index contributed by atoms with van der Waals surface area (Å²) in [7, 11) is 0. The SMILES string of the molecule is CCCCCCC1=C(C(C)(C)C)C(=O)C(C)=C(C)C1=O. The summed E-state index contributed by atoms with van der Waals surface area (Å²) >= 11 is 0. The Kier molecular flexibility index (Phi) is 5.50. The van der Waals surface area contributed by atoms with E-state index in [0.717, 1.165) is 30.4 Å². The lowest BCUT2D eigenvalue weighted by Crippen LogP contribution is -2.29. The molecule has 0 radical (unpaired) electrons. The Bertz CT molecular complexity index is 470. The Morgan fingerprint density at radius 1 is 0.850 bits per heavy atom. The summed E-state index contributed by atoms with van der Waals surface area (Å²) in [6.45, 7) is 11.8. The number of unbranched alkanes of at least 4 members (excludes halogenated alkanes) is 3. The van der Waals surface area contributed by atoms with Crippen molar-refractivity contribution in [2.24, 2.45) is 5.41 Å². The van der Waals surface area contributed by atoms with Gasteiger partial charge in [0.15, 0.2) is 11.6 Å². The molecule has 0 saturated carbocycles. The standard InChI is InChI=1S/C18H28O2/c1-7-8-9-10-11-14-15(18(4,5)6)17(20)13(3)12(2)16(14)19/h7-11H2,1-6H3. The van der Waals surface area contributed by atoms with Crippen molar-refractivity contribution in [2.75, 3.05) is 0 Å². The number of allylic oxidation sites excluding steroid dienone is 4. The predicted octanol–water partition coefficient (Wildman–Crippen LogP) is 4.79. The fraction of sp³-hybridized carbons (Fsp3) is 0.667. The number of carbonyl (C=O) groups excluding carboxylic acids is 2. The average molecular weight is 276 g/mol. The molecule has 2 nitrogen and oxygen atoms in total. The second kappa shape index (κ2) is 6.51. The van der Waals surface area contributed by atoms with Crippen molar-refractivity contribution < 1.29 is 9.59 Å². The second-order valence-electron chi connectivity index (χ2n) is 6.82. The summed E-state index contributed by atoms with van der Waals surface area (Å²) in [5.41, 5.74) is 2.49. The molecule has 0 amide bonds. The summed E-state index contributed by atoms with van der Waals surface area (Å²) in [5.74, 6) is 0.156. The average Bonchev–Trinajstić information content (AvgIpc) is 2.36. The molecular formula is C18H28O2. The van der Waals surface area contributed by atoms with Crippen LogP contribution in [0.1, 0.15) is 73.6 Å². The fourth-order valence-electron chi connectivity index (χ4n) is 2.77. The van der Waals surface area contributed by atoms with E-state index in [4.69, 9.17) is 0 Å². The van der Waals surface area contributed by atoms with Crippen LogP contribution < -0.4 is 0 Å². The van der Waals surface area contributed by atoms with Crippen molar-refractivity contribution in [3.05, 3.63) is 22.3 Å². The molecule has 1 aliphatic carbocycles. The zero-order valence-electron chi connectivity index (χ0n) is 13.9. The summed E-state index contributed by atoms with van der Waals surface area (Å²) in [6.07, 6.45) is 5.22. The third-order valence-electron chi connectivity index (χ3n) is 4.08. The van der Waals surface area contributed by atoms with Gasteiger partial charge in [-0.15, -0.1) is 0 Å². The highest BCUT2D eigenvalue weighted by molar-refractivity contribution is 6.25. The van der Waals surface area contributed by atoms with Crippen LogP contribution >= 0.6 is 0 Å². The van der Waals surface area contributed by atoms with E-state index in [1.165, 1.54) is 12.8 Å². The van der Waals surface area contributed by atoms with Crippen molar-refractivity contribution in [3.8, 4) is 0 Å². The molecule has 0 bridgehead atoms. The van der Waals surface area contributed by atoms with Gasteiger partial charge in [-0.3, -0.25) is 9.59 Å². The first-order valence-electron chi connectivity index (χ1n) is 7.72. The lowest BCUT2D eigenvalue weighted by Gasteiger charge is -2.29. The number of ketones is 2. The molecule has 0 aliphatic heterocycles.